The zero-order valence-electron chi connectivity index (χ0n) is 22.6. The summed E-state index contributed by atoms with van der Waals surface area (Å²) < 4.78 is 28.8. The molecule has 1 N–H and O–H groups in total. The number of amides is 2. The Hall–Kier alpha value is -3.07. The number of sulfonamides is 1. The first-order valence-electron chi connectivity index (χ1n) is 12.4. The molecule has 2 amide bonds. The normalized spacial score (nSPS) is 12.5. The maximum absolute atomic E-state index is 14.0. The van der Waals surface area contributed by atoms with Gasteiger partial charge in [0.15, 0.2) is 0 Å². The molecule has 0 aliphatic rings. The van der Waals surface area contributed by atoms with Gasteiger partial charge in [-0.15, -0.1) is 0 Å². The molecule has 10 heteroatoms. The molecule has 3 aromatic carbocycles. The molecule has 0 unspecified atom stereocenters. The van der Waals surface area contributed by atoms with E-state index >= 15 is 0 Å². The molecule has 0 spiro atoms. The fourth-order valence-electron chi connectivity index (χ4n) is 3.98. The Labute approximate surface area is 240 Å². The van der Waals surface area contributed by atoms with E-state index in [-0.39, 0.29) is 17.3 Å². The molecule has 0 bridgehead atoms. The number of hydrogen-bond donors (Lipinski definition) is 1. The molecule has 0 aliphatic carbocycles. The van der Waals surface area contributed by atoms with Crippen LogP contribution in [0.25, 0.3) is 0 Å². The molecular weight excluding hydrogens is 557 g/mol. The van der Waals surface area contributed by atoms with Crippen molar-refractivity contribution in [1.82, 2.24) is 10.2 Å². The van der Waals surface area contributed by atoms with Crippen molar-refractivity contribution in [3.63, 3.8) is 0 Å². The molecule has 0 aliphatic heterocycles. The summed E-state index contributed by atoms with van der Waals surface area (Å²) in [5.74, 6) is -0.909. The molecule has 0 aromatic heterocycles. The lowest BCUT2D eigenvalue weighted by atomic mass is 10.1. The number of anilines is 1. The van der Waals surface area contributed by atoms with Crippen LogP contribution in [0.5, 0.6) is 0 Å². The number of hydrogen-bond acceptors (Lipinski definition) is 4. The molecule has 3 rings (SSSR count). The van der Waals surface area contributed by atoms with Gasteiger partial charge in [-0.1, -0.05) is 53.5 Å². The summed E-state index contributed by atoms with van der Waals surface area (Å²) in [5, 5.41) is 3.78. The fourth-order valence-corrected chi connectivity index (χ4v) is 5.80. The van der Waals surface area contributed by atoms with Crippen molar-refractivity contribution in [2.75, 3.05) is 10.8 Å². The lowest BCUT2D eigenvalue weighted by molar-refractivity contribution is -0.140. The number of rotatable bonds is 9. The third kappa shape index (κ3) is 7.97. The van der Waals surface area contributed by atoms with Crippen molar-refractivity contribution in [1.29, 1.82) is 0 Å². The van der Waals surface area contributed by atoms with Crippen molar-refractivity contribution in [3.8, 4) is 0 Å². The van der Waals surface area contributed by atoms with Gasteiger partial charge in [0.25, 0.3) is 10.0 Å². The second-order valence-corrected chi connectivity index (χ2v) is 13.1. The zero-order chi connectivity index (χ0) is 29.0. The summed E-state index contributed by atoms with van der Waals surface area (Å²) in [5.41, 5.74) is 1.20. The quantitative estimate of drug-likeness (QED) is 0.340. The van der Waals surface area contributed by atoms with Crippen LogP contribution in [0.15, 0.2) is 77.7 Å². The van der Waals surface area contributed by atoms with Crippen LogP contribution in [0, 0.1) is 6.92 Å². The number of para-hydroxylation sites is 1. The molecule has 0 saturated heterocycles. The minimum atomic E-state index is -4.17. The summed E-state index contributed by atoms with van der Waals surface area (Å²) in [6.07, 6.45) is 0. The Morgan fingerprint density at radius 3 is 2.15 bits per heavy atom. The first kappa shape index (κ1) is 30.5. The largest absolute Gasteiger partial charge is 0.350 e. The highest BCUT2D eigenvalue weighted by molar-refractivity contribution is 7.92. The summed E-state index contributed by atoms with van der Waals surface area (Å²) >= 11 is 12.2. The average molecular weight is 591 g/mol. The number of benzene rings is 3. The van der Waals surface area contributed by atoms with E-state index in [1.807, 2.05) is 20.8 Å². The van der Waals surface area contributed by atoms with E-state index in [9.17, 15) is 18.0 Å². The standard InChI is InChI=1S/C29H33Cl2N3O4S/c1-20-9-6-7-12-26(20)34(39(37,38)25-15-13-23(30)14-16-25)19-27(35)33(18-22-10-8-11-24(31)17-22)21(2)28(36)32-29(3,4)5/h6-17,21H,18-19H2,1-5H3,(H,32,36)/t21-/m1/s1. The lowest BCUT2D eigenvalue weighted by Gasteiger charge is -2.33. The topological polar surface area (TPSA) is 86.8 Å². The number of carbonyl (C=O) groups excluding carboxylic acids is 2. The number of carbonyl (C=O) groups is 2. The van der Waals surface area contributed by atoms with Crippen molar-refractivity contribution in [2.45, 2.75) is 57.6 Å². The number of aryl methyl sites for hydroxylation is 1. The van der Waals surface area contributed by atoms with Gasteiger partial charge >= 0.3 is 0 Å². The smallest absolute Gasteiger partial charge is 0.264 e. The van der Waals surface area contributed by atoms with Gasteiger partial charge in [-0.3, -0.25) is 13.9 Å². The monoisotopic (exact) mass is 589 g/mol. The van der Waals surface area contributed by atoms with E-state index < -0.39 is 34.1 Å². The number of nitrogens with one attached hydrogen (secondary N) is 1. The molecule has 1 atom stereocenters. The van der Waals surface area contributed by atoms with Crippen LogP contribution in [0.3, 0.4) is 0 Å². The van der Waals surface area contributed by atoms with Gasteiger partial charge in [0.1, 0.15) is 12.6 Å². The molecule has 0 fully saturated rings. The second kappa shape index (κ2) is 12.4. The van der Waals surface area contributed by atoms with Gasteiger partial charge < -0.3 is 10.2 Å². The van der Waals surface area contributed by atoms with Crippen molar-refractivity contribution in [2.24, 2.45) is 0 Å². The van der Waals surface area contributed by atoms with Gasteiger partial charge in [-0.2, -0.15) is 0 Å². The summed E-state index contributed by atoms with van der Waals surface area (Å²) in [7, 11) is -4.17. The van der Waals surface area contributed by atoms with Crippen LogP contribution < -0.4 is 9.62 Å². The van der Waals surface area contributed by atoms with Gasteiger partial charge in [0.05, 0.1) is 10.6 Å². The molecule has 0 heterocycles. The van der Waals surface area contributed by atoms with Crippen molar-refractivity contribution >= 4 is 50.7 Å². The molecule has 7 nitrogen and oxygen atoms in total. The third-order valence-electron chi connectivity index (χ3n) is 5.97. The van der Waals surface area contributed by atoms with E-state index in [1.54, 1.807) is 62.4 Å². The Morgan fingerprint density at radius 2 is 1.56 bits per heavy atom. The molecule has 3 aromatic rings. The first-order chi connectivity index (χ1) is 18.2. The van der Waals surface area contributed by atoms with E-state index in [2.05, 4.69) is 5.32 Å². The van der Waals surface area contributed by atoms with Crippen molar-refractivity contribution < 1.29 is 18.0 Å². The first-order valence-corrected chi connectivity index (χ1v) is 14.6. The Morgan fingerprint density at radius 1 is 0.923 bits per heavy atom. The minimum absolute atomic E-state index is 0.0112. The maximum Gasteiger partial charge on any atom is 0.264 e. The minimum Gasteiger partial charge on any atom is -0.350 e. The number of nitrogens with zero attached hydrogens (tertiary/aromatic N) is 2. The summed E-state index contributed by atoms with van der Waals surface area (Å²) in [4.78, 5) is 28.5. The van der Waals surface area contributed by atoms with Crippen LogP contribution in [0.4, 0.5) is 5.69 Å². The van der Waals surface area contributed by atoms with Crippen LogP contribution in [-0.2, 0) is 26.2 Å². The second-order valence-electron chi connectivity index (χ2n) is 10.3. The Bertz CT molecular complexity index is 1440. The van der Waals surface area contributed by atoms with E-state index in [4.69, 9.17) is 23.2 Å². The summed E-state index contributed by atoms with van der Waals surface area (Å²) in [6.45, 7) is 8.46. The van der Waals surface area contributed by atoms with Crippen molar-refractivity contribution in [3.05, 3.63) is 94.0 Å². The highest BCUT2D eigenvalue weighted by Crippen LogP contribution is 2.28. The van der Waals surface area contributed by atoms with Gasteiger partial charge in [-0.25, -0.2) is 8.42 Å². The summed E-state index contributed by atoms with van der Waals surface area (Å²) in [6, 6.07) is 18.8. The van der Waals surface area contributed by atoms with Crippen LogP contribution >= 0.6 is 23.2 Å². The zero-order valence-corrected chi connectivity index (χ0v) is 24.9. The number of halogens is 2. The average Bonchev–Trinajstić information content (AvgIpc) is 2.85. The van der Waals surface area contributed by atoms with E-state index in [1.165, 1.54) is 29.2 Å². The van der Waals surface area contributed by atoms with Crippen LogP contribution in [-0.4, -0.2) is 43.3 Å². The molecule has 0 saturated carbocycles. The van der Waals surface area contributed by atoms with Gasteiger partial charge in [-0.05, 0) is 88.2 Å². The predicted octanol–water partition coefficient (Wildman–Crippen LogP) is 5.83. The Kier molecular flexibility index (Phi) is 9.69. The highest BCUT2D eigenvalue weighted by Gasteiger charge is 2.33. The van der Waals surface area contributed by atoms with Gasteiger partial charge in [0, 0.05) is 22.1 Å². The van der Waals surface area contributed by atoms with Gasteiger partial charge in [0.2, 0.25) is 11.8 Å². The highest BCUT2D eigenvalue weighted by atomic mass is 35.5. The molecule has 39 heavy (non-hydrogen) atoms. The Balaban J connectivity index is 2.05. The van der Waals surface area contributed by atoms with E-state index in [0.29, 0.717) is 26.9 Å². The molecule has 208 valence electrons. The maximum atomic E-state index is 14.0. The molecule has 0 radical (unpaired) electrons. The van der Waals surface area contributed by atoms with E-state index in [0.717, 1.165) is 4.31 Å². The van der Waals surface area contributed by atoms with Crippen LogP contribution in [0.1, 0.15) is 38.8 Å². The predicted molar refractivity (Wildman–Crippen MR) is 157 cm³/mol. The van der Waals surface area contributed by atoms with Crippen LogP contribution in [0.2, 0.25) is 10.0 Å². The molecular formula is C29H33Cl2N3O4S. The SMILES string of the molecule is Cc1ccccc1N(CC(=O)N(Cc1cccc(Cl)c1)[C@H](C)C(=O)NC(C)(C)C)S(=O)(=O)c1ccc(Cl)cc1. The lowest BCUT2D eigenvalue weighted by Crippen LogP contribution is -2.54. The third-order valence-corrected chi connectivity index (χ3v) is 8.23. The fraction of sp³-hybridized carbons (Fsp3) is 0.310.